The van der Waals surface area contributed by atoms with E-state index in [0.717, 1.165) is 30.0 Å². The Morgan fingerprint density at radius 3 is 2.24 bits per heavy atom. The molecule has 1 N–H and O–H groups in total. The van der Waals surface area contributed by atoms with Crippen LogP contribution in [0.25, 0.3) is 0 Å². The van der Waals surface area contributed by atoms with E-state index in [-0.39, 0.29) is 45.3 Å². The molecule has 1 fully saturated rings. The second-order valence-electron chi connectivity index (χ2n) is 10.6. The molecule has 4 rings (SSSR count). The summed E-state index contributed by atoms with van der Waals surface area (Å²) in [6.07, 6.45) is 3.63. The summed E-state index contributed by atoms with van der Waals surface area (Å²) in [5, 5.41) is 3.18. The predicted octanol–water partition coefficient (Wildman–Crippen LogP) is 5.18. The molecule has 0 saturated heterocycles. The highest BCUT2D eigenvalue weighted by Crippen LogP contribution is 2.37. The van der Waals surface area contributed by atoms with Gasteiger partial charge < -0.3 is 24.4 Å². The lowest BCUT2D eigenvalue weighted by molar-refractivity contribution is -0.139. The average Bonchev–Trinajstić information content (AvgIpc) is 3.55. The number of sulfonamides is 1. The number of benzene rings is 3. The van der Waals surface area contributed by atoms with Gasteiger partial charge in [-0.1, -0.05) is 42.6 Å². The minimum absolute atomic E-state index is 0.0120. The summed E-state index contributed by atoms with van der Waals surface area (Å²) in [5.74, 6) is -1.15. The first-order valence-electron chi connectivity index (χ1n) is 14.4. The molecule has 3 aromatic rings. The van der Waals surface area contributed by atoms with Gasteiger partial charge in [0, 0.05) is 29.2 Å². The summed E-state index contributed by atoms with van der Waals surface area (Å²) >= 11 is 6.29. The van der Waals surface area contributed by atoms with Gasteiger partial charge in [0.25, 0.3) is 10.0 Å². The zero-order valence-corrected chi connectivity index (χ0v) is 27.2. The lowest BCUT2D eigenvalue weighted by Gasteiger charge is -2.33. The number of methoxy groups -OCH3 is 3. The van der Waals surface area contributed by atoms with Gasteiger partial charge in [0.2, 0.25) is 11.8 Å². The number of anilines is 1. The molecule has 10 nitrogen and oxygen atoms in total. The number of amides is 2. The molecule has 13 heteroatoms. The van der Waals surface area contributed by atoms with Gasteiger partial charge in [-0.25, -0.2) is 12.8 Å². The molecule has 1 saturated carbocycles. The Kier molecular flexibility index (Phi) is 11.2. The molecule has 1 aliphatic carbocycles. The molecule has 3 aromatic carbocycles. The van der Waals surface area contributed by atoms with Crippen LogP contribution in [0.4, 0.5) is 10.1 Å². The van der Waals surface area contributed by atoms with Crippen LogP contribution in [0.3, 0.4) is 0 Å². The van der Waals surface area contributed by atoms with Crippen molar-refractivity contribution in [3.63, 3.8) is 0 Å². The first kappa shape index (κ1) is 33.9. The Bertz CT molecular complexity index is 1630. The average molecular weight is 662 g/mol. The topological polar surface area (TPSA) is 114 Å². The molecule has 45 heavy (non-hydrogen) atoms. The van der Waals surface area contributed by atoms with Crippen molar-refractivity contribution in [2.24, 2.45) is 0 Å². The molecule has 0 spiro atoms. The maximum absolute atomic E-state index is 14.8. The maximum Gasteiger partial charge on any atom is 0.265 e. The van der Waals surface area contributed by atoms with Crippen LogP contribution in [0.5, 0.6) is 17.2 Å². The van der Waals surface area contributed by atoms with Gasteiger partial charge in [-0.2, -0.15) is 0 Å². The van der Waals surface area contributed by atoms with Gasteiger partial charge in [0.05, 0.1) is 31.9 Å². The van der Waals surface area contributed by atoms with Gasteiger partial charge in [0.15, 0.2) is 11.5 Å². The largest absolute Gasteiger partial charge is 0.495 e. The zero-order valence-electron chi connectivity index (χ0n) is 25.6. The van der Waals surface area contributed by atoms with E-state index < -0.39 is 40.2 Å². The molecular formula is C32H37ClFN3O7S. The third-order valence-corrected chi connectivity index (χ3v) is 9.79. The van der Waals surface area contributed by atoms with E-state index >= 15 is 0 Å². The third kappa shape index (κ3) is 7.80. The van der Waals surface area contributed by atoms with E-state index in [9.17, 15) is 22.4 Å². The van der Waals surface area contributed by atoms with Crippen molar-refractivity contribution >= 4 is 39.1 Å². The molecule has 2 amide bonds. The summed E-state index contributed by atoms with van der Waals surface area (Å²) < 4.78 is 60.3. The van der Waals surface area contributed by atoms with Crippen molar-refractivity contribution in [1.29, 1.82) is 0 Å². The van der Waals surface area contributed by atoms with Gasteiger partial charge in [0.1, 0.15) is 24.2 Å². The summed E-state index contributed by atoms with van der Waals surface area (Å²) in [5.41, 5.74) is 0.156. The fraction of sp³-hybridized carbons (Fsp3) is 0.375. The molecule has 242 valence electrons. The Hall–Kier alpha value is -4.03. The van der Waals surface area contributed by atoms with Crippen molar-refractivity contribution < 1.29 is 36.6 Å². The molecule has 0 radical (unpaired) electrons. The number of carbonyl (C=O) groups is 2. The molecule has 1 aliphatic rings. The number of hydrogen-bond acceptors (Lipinski definition) is 7. The van der Waals surface area contributed by atoms with Crippen molar-refractivity contribution in [3.05, 3.63) is 77.1 Å². The molecule has 0 bridgehead atoms. The summed E-state index contributed by atoms with van der Waals surface area (Å²) in [6, 6.07) is 13.2. The SMILES string of the molecule is COc1ccc(S(=O)(=O)N(CC(=O)N(Cc2ccccc2F)[C@@H](C)C(=O)NC2CCCC2)c2cc(Cl)ccc2OC)cc1OC. The molecule has 0 unspecified atom stereocenters. The van der Waals surface area contributed by atoms with Crippen LogP contribution in [0.1, 0.15) is 38.2 Å². The van der Waals surface area contributed by atoms with Crippen LogP contribution >= 0.6 is 11.6 Å². The minimum atomic E-state index is -4.50. The first-order valence-corrected chi connectivity index (χ1v) is 16.2. The highest BCUT2D eigenvalue weighted by molar-refractivity contribution is 7.92. The number of rotatable bonds is 13. The molecule has 1 atom stereocenters. The second-order valence-corrected chi connectivity index (χ2v) is 12.9. The zero-order chi connectivity index (χ0) is 32.7. The van der Waals surface area contributed by atoms with Crippen LogP contribution in [0, 0.1) is 5.82 Å². The smallest absolute Gasteiger partial charge is 0.265 e. The third-order valence-electron chi connectivity index (χ3n) is 7.80. The highest BCUT2D eigenvalue weighted by atomic mass is 35.5. The Morgan fingerprint density at radius 2 is 1.60 bits per heavy atom. The van der Waals surface area contributed by atoms with Crippen molar-refractivity contribution in [2.45, 2.75) is 56.1 Å². The Balaban J connectivity index is 1.78. The van der Waals surface area contributed by atoms with E-state index in [1.54, 1.807) is 6.07 Å². The van der Waals surface area contributed by atoms with E-state index in [1.165, 1.54) is 87.8 Å². The molecular weight excluding hydrogens is 625 g/mol. The van der Waals surface area contributed by atoms with Crippen LogP contribution in [-0.2, 0) is 26.2 Å². The van der Waals surface area contributed by atoms with Crippen LogP contribution in [0.2, 0.25) is 5.02 Å². The van der Waals surface area contributed by atoms with E-state index in [0.29, 0.717) is 5.75 Å². The van der Waals surface area contributed by atoms with Crippen molar-refractivity contribution in [1.82, 2.24) is 10.2 Å². The Labute approximate surface area is 268 Å². The van der Waals surface area contributed by atoms with E-state index in [2.05, 4.69) is 5.32 Å². The normalized spacial score (nSPS) is 14.0. The number of nitrogens with one attached hydrogen (secondary N) is 1. The molecule has 0 aromatic heterocycles. The predicted molar refractivity (Wildman–Crippen MR) is 169 cm³/mol. The highest BCUT2D eigenvalue weighted by Gasteiger charge is 2.35. The number of halogens is 2. The number of hydrogen-bond donors (Lipinski definition) is 1. The fourth-order valence-electron chi connectivity index (χ4n) is 5.26. The molecule has 0 heterocycles. The van der Waals surface area contributed by atoms with Crippen LogP contribution < -0.4 is 23.8 Å². The minimum Gasteiger partial charge on any atom is -0.495 e. The molecule has 0 aliphatic heterocycles. The van der Waals surface area contributed by atoms with Gasteiger partial charge in [-0.3, -0.25) is 13.9 Å². The number of nitrogens with zero attached hydrogens (tertiary/aromatic N) is 2. The standard InChI is InChI=1S/C32H37ClFN3O7S/c1-21(32(39)35-24-10-6-7-11-24)36(19-22-9-5-8-12-26(22)34)31(38)20-37(27-17-23(33)13-15-28(27)42-2)45(40,41)25-14-16-29(43-3)30(18-25)44-4/h5,8-9,12-18,21,24H,6-7,10-11,19-20H2,1-4H3,(H,35,39)/t21-/m0/s1. The van der Waals surface area contributed by atoms with E-state index in [1.807, 2.05) is 0 Å². The number of carbonyl (C=O) groups excluding carboxylic acids is 2. The fourth-order valence-corrected chi connectivity index (χ4v) is 6.86. The quantitative estimate of drug-likeness (QED) is 0.269. The lowest BCUT2D eigenvalue weighted by Crippen LogP contribution is -2.52. The number of ether oxygens (including phenoxy) is 3. The summed E-state index contributed by atoms with van der Waals surface area (Å²) in [7, 11) is -0.354. The van der Waals surface area contributed by atoms with Crippen LogP contribution in [-0.4, -0.2) is 65.1 Å². The van der Waals surface area contributed by atoms with Crippen LogP contribution in [0.15, 0.2) is 65.6 Å². The van der Waals surface area contributed by atoms with Gasteiger partial charge >= 0.3 is 0 Å². The summed E-state index contributed by atoms with van der Waals surface area (Å²) in [6.45, 7) is 0.501. The first-order chi connectivity index (χ1) is 21.5. The van der Waals surface area contributed by atoms with E-state index in [4.69, 9.17) is 25.8 Å². The van der Waals surface area contributed by atoms with Crippen molar-refractivity contribution in [2.75, 3.05) is 32.2 Å². The van der Waals surface area contributed by atoms with Gasteiger partial charge in [-0.05, 0) is 56.2 Å². The second kappa shape index (κ2) is 14.8. The Morgan fingerprint density at radius 1 is 0.956 bits per heavy atom. The summed E-state index contributed by atoms with van der Waals surface area (Å²) in [4.78, 5) is 28.6. The van der Waals surface area contributed by atoms with Gasteiger partial charge in [-0.15, -0.1) is 0 Å². The maximum atomic E-state index is 14.8. The lowest BCUT2D eigenvalue weighted by atomic mass is 10.1. The van der Waals surface area contributed by atoms with Crippen molar-refractivity contribution in [3.8, 4) is 17.2 Å². The monoisotopic (exact) mass is 661 g/mol.